The van der Waals surface area contributed by atoms with Gasteiger partial charge in [-0.3, -0.25) is 4.79 Å². The highest BCUT2D eigenvalue weighted by Crippen LogP contribution is 2.26. The highest BCUT2D eigenvalue weighted by Gasteiger charge is 2.29. The quantitative estimate of drug-likeness (QED) is 0.386. The number of carbonyl (C=O) groups excluding carboxylic acids is 2. The van der Waals surface area contributed by atoms with Crippen LogP contribution in [0.1, 0.15) is 60.5 Å². The van der Waals surface area contributed by atoms with Crippen LogP contribution in [-0.4, -0.2) is 45.2 Å². The minimum atomic E-state index is -0.883. The Balaban J connectivity index is 1.82. The number of nitrogens with one attached hydrogen (secondary N) is 2. The Morgan fingerprint density at radius 2 is 1.65 bits per heavy atom. The second-order valence-corrected chi connectivity index (χ2v) is 9.47. The van der Waals surface area contributed by atoms with Gasteiger partial charge in [-0.15, -0.1) is 0 Å². The number of aliphatic hydroxyl groups is 1. The first-order valence-electron chi connectivity index (χ1n) is 11.5. The average molecular weight is 464 g/mol. The van der Waals surface area contributed by atoms with Crippen LogP contribution in [0.25, 0.3) is 0 Å². The molecule has 7 nitrogen and oxygen atoms in total. The Hall–Kier alpha value is -3.45. The van der Waals surface area contributed by atoms with E-state index in [2.05, 4.69) is 15.3 Å². The van der Waals surface area contributed by atoms with Gasteiger partial charge in [0.2, 0.25) is 0 Å². The van der Waals surface area contributed by atoms with E-state index in [4.69, 9.17) is 4.74 Å². The number of hydrogen-bond acceptors (Lipinski definition) is 5. The highest BCUT2D eigenvalue weighted by atomic mass is 16.6. The second kappa shape index (κ2) is 11.6. The summed E-state index contributed by atoms with van der Waals surface area (Å²) in [6.45, 7) is 5.39. The summed E-state index contributed by atoms with van der Waals surface area (Å²) in [6, 6.07) is 19.0. The monoisotopic (exact) mass is 463 g/mol. The van der Waals surface area contributed by atoms with Gasteiger partial charge < -0.3 is 20.1 Å². The fourth-order valence-corrected chi connectivity index (χ4v) is 3.88. The molecule has 34 heavy (non-hydrogen) atoms. The van der Waals surface area contributed by atoms with Crippen LogP contribution in [0.4, 0.5) is 4.79 Å². The van der Waals surface area contributed by atoms with Gasteiger partial charge >= 0.3 is 6.09 Å². The molecule has 0 aliphatic rings. The maximum absolute atomic E-state index is 12.6. The van der Waals surface area contributed by atoms with Gasteiger partial charge in [-0.25, -0.2) is 9.78 Å². The summed E-state index contributed by atoms with van der Waals surface area (Å²) in [5.41, 5.74) is 1.81. The first-order chi connectivity index (χ1) is 16.2. The van der Waals surface area contributed by atoms with E-state index in [9.17, 15) is 14.7 Å². The zero-order valence-corrected chi connectivity index (χ0v) is 19.9. The lowest BCUT2D eigenvalue weighted by molar-refractivity contribution is 0.0404. The van der Waals surface area contributed by atoms with E-state index in [1.165, 1.54) is 6.20 Å². The molecular weight excluding hydrogens is 430 g/mol. The number of imidazole rings is 1. The van der Waals surface area contributed by atoms with Gasteiger partial charge in [-0.05, 0) is 51.2 Å². The normalized spacial score (nSPS) is 14.1. The summed E-state index contributed by atoms with van der Waals surface area (Å²) in [7, 11) is 0. The number of alkyl carbamates (subject to hydrolysis) is 1. The van der Waals surface area contributed by atoms with E-state index in [1.54, 1.807) is 20.8 Å². The smallest absolute Gasteiger partial charge is 0.407 e. The van der Waals surface area contributed by atoms with Gasteiger partial charge in [-0.1, -0.05) is 60.7 Å². The zero-order chi connectivity index (χ0) is 24.6. The van der Waals surface area contributed by atoms with Crippen molar-refractivity contribution in [1.29, 1.82) is 0 Å². The highest BCUT2D eigenvalue weighted by molar-refractivity contribution is 5.71. The van der Waals surface area contributed by atoms with Crippen molar-refractivity contribution in [1.82, 2.24) is 15.3 Å². The standard InChI is InChI=1S/C27H33N3O4/c1-27(2,3)34-26(33)30-23(15-20-12-8-5-9-13-20)24(32)16-21(14-19-10-6-4-7-11-19)25-28-17-22(18-31)29-25/h4-13,17-18,21,23-24,32H,14-16H2,1-3H3,(H,28,29)(H,30,33)/t21-,23+,24+/m1/s1. The van der Waals surface area contributed by atoms with Crippen molar-refractivity contribution in [3.8, 4) is 0 Å². The molecule has 3 N–H and O–H groups in total. The maximum atomic E-state index is 12.6. The van der Waals surface area contributed by atoms with Gasteiger partial charge in [-0.2, -0.15) is 0 Å². The minimum absolute atomic E-state index is 0.190. The molecule has 0 bridgehead atoms. The van der Waals surface area contributed by atoms with Crippen molar-refractivity contribution in [2.45, 2.75) is 63.7 Å². The van der Waals surface area contributed by atoms with Crippen LogP contribution < -0.4 is 5.32 Å². The Morgan fingerprint density at radius 1 is 1.06 bits per heavy atom. The van der Waals surface area contributed by atoms with E-state index < -0.39 is 23.8 Å². The van der Waals surface area contributed by atoms with Crippen LogP contribution in [0, 0.1) is 0 Å². The van der Waals surface area contributed by atoms with Crippen LogP contribution in [0.2, 0.25) is 0 Å². The molecular formula is C27H33N3O4. The Labute approximate surface area is 200 Å². The largest absolute Gasteiger partial charge is 0.444 e. The first-order valence-corrected chi connectivity index (χ1v) is 11.5. The van der Waals surface area contributed by atoms with Crippen LogP contribution in [0.3, 0.4) is 0 Å². The van der Waals surface area contributed by atoms with Crippen LogP contribution in [-0.2, 0) is 17.6 Å². The molecule has 1 amide bonds. The topological polar surface area (TPSA) is 104 Å². The molecule has 2 aromatic carbocycles. The van der Waals surface area contributed by atoms with E-state index in [-0.39, 0.29) is 5.92 Å². The molecule has 3 aromatic rings. The van der Waals surface area contributed by atoms with Gasteiger partial charge in [0.1, 0.15) is 11.4 Å². The Kier molecular flexibility index (Phi) is 8.60. The van der Waals surface area contributed by atoms with Gasteiger partial charge in [0.15, 0.2) is 6.29 Å². The lowest BCUT2D eigenvalue weighted by atomic mass is 9.89. The fourth-order valence-electron chi connectivity index (χ4n) is 3.88. The third kappa shape index (κ3) is 7.85. The lowest BCUT2D eigenvalue weighted by Crippen LogP contribution is -2.47. The third-order valence-corrected chi connectivity index (χ3v) is 5.44. The number of aldehydes is 1. The number of amides is 1. The molecule has 3 rings (SSSR count). The summed E-state index contributed by atoms with van der Waals surface area (Å²) < 4.78 is 5.44. The van der Waals surface area contributed by atoms with Crippen molar-refractivity contribution < 1.29 is 19.4 Å². The second-order valence-electron chi connectivity index (χ2n) is 9.47. The van der Waals surface area contributed by atoms with E-state index in [1.807, 2.05) is 60.7 Å². The number of rotatable bonds is 10. The van der Waals surface area contributed by atoms with Crippen LogP contribution >= 0.6 is 0 Å². The molecule has 0 spiro atoms. The molecule has 0 aliphatic carbocycles. The minimum Gasteiger partial charge on any atom is -0.444 e. The van der Waals surface area contributed by atoms with Crippen LogP contribution in [0.5, 0.6) is 0 Å². The van der Waals surface area contributed by atoms with E-state index in [0.717, 1.165) is 17.4 Å². The number of aliphatic hydroxyl groups excluding tert-OH is 1. The number of hydrogen-bond donors (Lipinski definition) is 3. The molecule has 0 unspecified atom stereocenters. The molecule has 0 fully saturated rings. The van der Waals surface area contributed by atoms with Gasteiger partial charge in [0.05, 0.1) is 24.0 Å². The SMILES string of the molecule is CC(C)(C)OC(=O)N[C@@H](Cc1ccccc1)[C@@H](O)C[C@@H](Cc1ccccc1)c1ncc(C=O)[nH]1. The first kappa shape index (κ1) is 25.2. The third-order valence-electron chi connectivity index (χ3n) is 5.44. The summed E-state index contributed by atoms with van der Waals surface area (Å²) >= 11 is 0. The number of aromatic amines is 1. The van der Waals surface area contributed by atoms with E-state index in [0.29, 0.717) is 30.8 Å². The number of nitrogens with zero attached hydrogens (tertiary/aromatic N) is 1. The predicted molar refractivity (Wildman–Crippen MR) is 131 cm³/mol. The predicted octanol–water partition coefficient (Wildman–Crippen LogP) is 4.44. The molecule has 0 radical (unpaired) electrons. The summed E-state index contributed by atoms with van der Waals surface area (Å²) in [6.07, 6.45) is 2.14. The Morgan fingerprint density at radius 3 is 2.18 bits per heavy atom. The maximum Gasteiger partial charge on any atom is 0.407 e. The Bertz CT molecular complexity index is 1040. The summed E-state index contributed by atoms with van der Waals surface area (Å²) in [5.74, 6) is 0.436. The molecule has 7 heteroatoms. The lowest BCUT2D eigenvalue weighted by Gasteiger charge is -2.29. The molecule has 1 aromatic heterocycles. The molecule has 0 aliphatic heterocycles. The van der Waals surface area contributed by atoms with Crippen molar-refractivity contribution in [2.75, 3.05) is 0 Å². The zero-order valence-electron chi connectivity index (χ0n) is 19.9. The van der Waals surface area contributed by atoms with Gasteiger partial charge in [0, 0.05) is 5.92 Å². The molecule has 3 atom stereocenters. The summed E-state index contributed by atoms with van der Waals surface area (Å²) in [4.78, 5) is 31.2. The summed E-state index contributed by atoms with van der Waals surface area (Å²) in [5, 5.41) is 14.2. The number of ether oxygens (including phenoxy) is 1. The fraction of sp³-hybridized carbons (Fsp3) is 0.370. The van der Waals surface area contributed by atoms with Gasteiger partial charge in [0.25, 0.3) is 0 Å². The van der Waals surface area contributed by atoms with Crippen molar-refractivity contribution in [3.63, 3.8) is 0 Å². The molecule has 0 saturated carbocycles. The molecule has 180 valence electrons. The number of carbonyl (C=O) groups is 2. The number of benzene rings is 2. The van der Waals surface area contributed by atoms with E-state index >= 15 is 0 Å². The molecule has 0 saturated heterocycles. The number of aromatic nitrogens is 2. The van der Waals surface area contributed by atoms with Crippen molar-refractivity contribution in [3.05, 3.63) is 89.5 Å². The number of H-pyrrole nitrogens is 1. The average Bonchev–Trinajstić information content (AvgIpc) is 3.28. The van der Waals surface area contributed by atoms with Crippen molar-refractivity contribution in [2.24, 2.45) is 0 Å². The van der Waals surface area contributed by atoms with Crippen molar-refractivity contribution >= 4 is 12.4 Å². The molecule has 1 heterocycles. The van der Waals surface area contributed by atoms with Crippen LogP contribution in [0.15, 0.2) is 66.9 Å².